The van der Waals surface area contributed by atoms with Crippen molar-refractivity contribution in [2.75, 3.05) is 6.54 Å². The van der Waals surface area contributed by atoms with Crippen molar-refractivity contribution in [1.82, 2.24) is 5.32 Å². The number of nitrogens with one attached hydrogen (secondary N) is 1. The summed E-state index contributed by atoms with van der Waals surface area (Å²) in [5.41, 5.74) is 0. The van der Waals surface area contributed by atoms with Crippen LogP contribution in [-0.4, -0.2) is 12.6 Å². The Bertz CT molecular complexity index is 99.2. The second-order valence-electron chi connectivity index (χ2n) is 4.33. The normalized spacial score (nSPS) is 16.5. The van der Waals surface area contributed by atoms with Crippen LogP contribution >= 0.6 is 0 Å². The maximum atomic E-state index is 3.57. The quantitative estimate of drug-likeness (QED) is 0.647. The molecule has 0 saturated carbocycles. The van der Waals surface area contributed by atoms with Gasteiger partial charge in [-0.05, 0) is 31.7 Å². The van der Waals surface area contributed by atoms with Crippen molar-refractivity contribution in [3.05, 3.63) is 0 Å². The second kappa shape index (κ2) is 6.47. The minimum absolute atomic E-state index is 0.657. The van der Waals surface area contributed by atoms with Crippen LogP contribution in [0.3, 0.4) is 0 Å². The van der Waals surface area contributed by atoms with E-state index in [4.69, 9.17) is 0 Å². The zero-order chi connectivity index (χ0) is 9.56. The lowest BCUT2D eigenvalue weighted by Crippen LogP contribution is -2.34. The van der Waals surface area contributed by atoms with Crippen molar-refractivity contribution in [3.63, 3.8) is 0 Å². The summed E-state index contributed by atoms with van der Waals surface area (Å²) in [6.45, 7) is 12.5. The first-order chi connectivity index (χ1) is 5.57. The van der Waals surface area contributed by atoms with E-state index in [9.17, 15) is 0 Å². The molecule has 0 aromatic carbocycles. The van der Waals surface area contributed by atoms with Gasteiger partial charge < -0.3 is 5.32 Å². The van der Waals surface area contributed by atoms with Gasteiger partial charge in [0, 0.05) is 6.04 Å². The van der Waals surface area contributed by atoms with Gasteiger partial charge >= 0.3 is 0 Å². The lowest BCUT2D eigenvalue weighted by atomic mass is 10.0. The van der Waals surface area contributed by atoms with Gasteiger partial charge in [-0.25, -0.2) is 0 Å². The molecule has 0 aromatic heterocycles. The molecular formula is C11H25N. The highest BCUT2D eigenvalue weighted by Crippen LogP contribution is 2.05. The van der Waals surface area contributed by atoms with Crippen LogP contribution in [0, 0.1) is 11.8 Å². The van der Waals surface area contributed by atoms with E-state index in [1.807, 2.05) is 0 Å². The zero-order valence-electron chi connectivity index (χ0n) is 9.35. The molecule has 2 atom stereocenters. The van der Waals surface area contributed by atoms with E-state index >= 15 is 0 Å². The smallest absolute Gasteiger partial charge is 0.00618 e. The van der Waals surface area contributed by atoms with Gasteiger partial charge in [0.25, 0.3) is 0 Å². The van der Waals surface area contributed by atoms with E-state index in [-0.39, 0.29) is 0 Å². The Kier molecular flexibility index (Phi) is 6.45. The van der Waals surface area contributed by atoms with E-state index in [1.165, 1.54) is 19.4 Å². The fourth-order valence-corrected chi connectivity index (χ4v) is 1.22. The molecule has 74 valence electrons. The third-order valence-electron chi connectivity index (χ3n) is 2.57. The predicted molar refractivity (Wildman–Crippen MR) is 56.4 cm³/mol. The molecule has 0 rings (SSSR count). The highest BCUT2D eigenvalue weighted by Gasteiger charge is 2.07. The Balaban J connectivity index is 3.40. The van der Waals surface area contributed by atoms with Crippen molar-refractivity contribution in [1.29, 1.82) is 0 Å². The van der Waals surface area contributed by atoms with Gasteiger partial charge in [-0.3, -0.25) is 0 Å². The summed E-state index contributed by atoms with van der Waals surface area (Å²) in [6, 6.07) is 0.657. The Morgan fingerprint density at radius 1 is 1.08 bits per heavy atom. The Hall–Kier alpha value is -0.0400. The molecule has 1 N–H and O–H groups in total. The fraction of sp³-hybridized carbons (Fsp3) is 1.00. The topological polar surface area (TPSA) is 12.0 Å². The minimum atomic E-state index is 0.657. The summed E-state index contributed by atoms with van der Waals surface area (Å²) >= 11 is 0. The Morgan fingerprint density at radius 2 is 1.67 bits per heavy atom. The third-order valence-corrected chi connectivity index (χ3v) is 2.57. The minimum Gasteiger partial charge on any atom is -0.314 e. The highest BCUT2D eigenvalue weighted by atomic mass is 14.9. The van der Waals surface area contributed by atoms with Crippen molar-refractivity contribution in [2.24, 2.45) is 11.8 Å². The van der Waals surface area contributed by atoms with E-state index in [1.54, 1.807) is 0 Å². The summed E-state index contributed by atoms with van der Waals surface area (Å²) in [4.78, 5) is 0. The maximum Gasteiger partial charge on any atom is 0.00618 e. The first-order valence-corrected chi connectivity index (χ1v) is 5.31. The molecule has 0 aliphatic heterocycles. The van der Waals surface area contributed by atoms with Crippen LogP contribution in [0.5, 0.6) is 0 Å². The van der Waals surface area contributed by atoms with Crippen LogP contribution in [0.25, 0.3) is 0 Å². The summed E-state index contributed by atoms with van der Waals surface area (Å²) in [6.07, 6.45) is 2.65. The van der Waals surface area contributed by atoms with E-state index in [2.05, 4.69) is 39.9 Å². The molecule has 0 aliphatic rings. The average Bonchev–Trinajstić information content (AvgIpc) is 2.00. The number of hydrogen-bond acceptors (Lipinski definition) is 1. The van der Waals surface area contributed by atoms with Gasteiger partial charge in [0.15, 0.2) is 0 Å². The van der Waals surface area contributed by atoms with Crippen LogP contribution in [0.2, 0.25) is 0 Å². The van der Waals surface area contributed by atoms with Gasteiger partial charge in [0.1, 0.15) is 0 Å². The largest absolute Gasteiger partial charge is 0.314 e. The standard InChI is InChI=1S/C11H25N/c1-6-7-10(4)8-12-11(5)9(2)3/h9-12H,6-8H2,1-5H3. The highest BCUT2D eigenvalue weighted by molar-refractivity contribution is 4.66. The van der Waals surface area contributed by atoms with Gasteiger partial charge in [-0.2, -0.15) is 0 Å². The first kappa shape index (κ1) is 12.0. The molecule has 0 bridgehead atoms. The SMILES string of the molecule is CCCC(C)CNC(C)C(C)C. The Labute approximate surface area is 77.9 Å². The molecule has 2 unspecified atom stereocenters. The van der Waals surface area contributed by atoms with E-state index in [0.29, 0.717) is 6.04 Å². The molecule has 1 heteroatoms. The fourth-order valence-electron chi connectivity index (χ4n) is 1.22. The molecule has 0 radical (unpaired) electrons. The van der Waals surface area contributed by atoms with Crippen LogP contribution < -0.4 is 5.32 Å². The van der Waals surface area contributed by atoms with Crippen molar-refractivity contribution in [3.8, 4) is 0 Å². The third kappa shape index (κ3) is 5.59. The first-order valence-electron chi connectivity index (χ1n) is 5.31. The molecule has 0 saturated heterocycles. The van der Waals surface area contributed by atoms with Crippen molar-refractivity contribution in [2.45, 2.75) is 53.5 Å². The summed E-state index contributed by atoms with van der Waals surface area (Å²) < 4.78 is 0. The van der Waals surface area contributed by atoms with Crippen LogP contribution in [-0.2, 0) is 0 Å². The molecule has 0 fully saturated rings. The van der Waals surface area contributed by atoms with Crippen molar-refractivity contribution >= 4 is 0 Å². The molecule has 12 heavy (non-hydrogen) atoms. The zero-order valence-corrected chi connectivity index (χ0v) is 9.35. The second-order valence-corrected chi connectivity index (χ2v) is 4.33. The van der Waals surface area contributed by atoms with Crippen LogP contribution in [0.4, 0.5) is 0 Å². The average molecular weight is 171 g/mol. The molecule has 0 aromatic rings. The Morgan fingerprint density at radius 3 is 2.08 bits per heavy atom. The monoisotopic (exact) mass is 171 g/mol. The predicted octanol–water partition coefficient (Wildman–Crippen LogP) is 3.06. The number of rotatable bonds is 6. The van der Waals surface area contributed by atoms with Gasteiger partial charge in [0.05, 0.1) is 0 Å². The molecule has 1 nitrogen and oxygen atoms in total. The van der Waals surface area contributed by atoms with Gasteiger partial charge in [-0.15, -0.1) is 0 Å². The van der Waals surface area contributed by atoms with E-state index < -0.39 is 0 Å². The molecule has 0 heterocycles. The summed E-state index contributed by atoms with van der Waals surface area (Å²) in [5.74, 6) is 1.58. The van der Waals surface area contributed by atoms with Crippen LogP contribution in [0.15, 0.2) is 0 Å². The maximum absolute atomic E-state index is 3.57. The molecule has 0 aliphatic carbocycles. The number of hydrogen-bond donors (Lipinski definition) is 1. The van der Waals surface area contributed by atoms with Gasteiger partial charge in [0.2, 0.25) is 0 Å². The van der Waals surface area contributed by atoms with Crippen LogP contribution in [0.1, 0.15) is 47.5 Å². The lowest BCUT2D eigenvalue weighted by Gasteiger charge is -2.20. The summed E-state index contributed by atoms with van der Waals surface area (Å²) in [5, 5.41) is 3.57. The van der Waals surface area contributed by atoms with E-state index in [0.717, 1.165) is 11.8 Å². The van der Waals surface area contributed by atoms with Gasteiger partial charge in [-0.1, -0.05) is 34.1 Å². The van der Waals surface area contributed by atoms with Crippen molar-refractivity contribution < 1.29 is 0 Å². The molecule has 0 spiro atoms. The lowest BCUT2D eigenvalue weighted by molar-refractivity contribution is 0.381. The molecule has 0 amide bonds. The molecular weight excluding hydrogens is 146 g/mol. The summed E-state index contributed by atoms with van der Waals surface area (Å²) in [7, 11) is 0.